The lowest BCUT2D eigenvalue weighted by atomic mass is 10.1. The van der Waals surface area contributed by atoms with Crippen LogP contribution in [0, 0.1) is 0 Å². The highest BCUT2D eigenvalue weighted by molar-refractivity contribution is 7.99. The van der Waals surface area contributed by atoms with Gasteiger partial charge in [0.05, 0.1) is 18.0 Å². The molecule has 2 aliphatic heterocycles. The number of hydrogen-bond donors (Lipinski definition) is 0. The number of carbonyl (C=O) groups is 1. The van der Waals surface area contributed by atoms with Crippen LogP contribution in [0.5, 0.6) is 0 Å². The molecule has 0 aromatic carbocycles. The van der Waals surface area contributed by atoms with Crippen molar-refractivity contribution in [3.8, 4) is 0 Å². The average Bonchev–Trinajstić information content (AvgIpc) is 3.24. The molecule has 0 spiro atoms. The summed E-state index contributed by atoms with van der Waals surface area (Å²) in [6.07, 6.45) is 11.7. The molecule has 0 bridgehead atoms. The van der Waals surface area contributed by atoms with E-state index < -0.39 is 0 Å². The highest BCUT2D eigenvalue weighted by Gasteiger charge is 2.29. The highest BCUT2D eigenvalue weighted by Crippen LogP contribution is 2.24. The smallest absolute Gasteiger partial charge is 0.246 e. The van der Waals surface area contributed by atoms with Gasteiger partial charge in [0, 0.05) is 43.4 Å². The lowest BCUT2D eigenvalue weighted by Gasteiger charge is -2.29. The number of aromatic nitrogens is 2. The van der Waals surface area contributed by atoms with Crippen LogP contribution >= 0.6 is 11.8 Å². The van der Waals surface area contributed by atoms with E-state index in [4.69, 9.17) is 4.74 Å². The van der Waals surface area contributed by atoms with E-state index in [1.165, 1.54) is 0 Å². The van der Waals surface area contributed by atoms with Crippen LogP contribution in [-0.4, -0.2) is 57.6 Å². The Hall–Kier alpha value is -1.40. The van der Waals surface area contributed by atoms with Gasteiger partial charge in [-0.1, -0.05) is 0 Å². The van der Waals surface area contributed by atoms with E-state index in [2.05, 4.69) is 9.97 Å². The van der Waals surface area contributed by atoms with E-state index in [9.17, 15) is 4.79 Å². The zero-order chi connectivity index (χ0) is 15.2. The molecule has 2 atom stereocenters. The number of nitrogens with zero attached hydrogens (tertiary/aromatic N) is 3. The van der Waals surface area contributed by atoms with E-state index >= 15 is 0 Å². The number of thioether (sulfide) groups is 1. The molecular formula is C16H21N3O2S. The molecule has 3 rings (SSSR count). The lowest BCUT2D eigenvalue weighted by Crippen LogP contribution is -2.44. The number of ether oxygens (including phenoxy) is 1. The van der Waals surface area contributed by atoms with Gasteiger partial charge in [0.15, 0.2) is 0 Å². The average molecular weight is 319 g/mol. The van der Waals surface area contributed by atoms with Crippen molar-refractivity contribution in [3.63, 3.8) is 0 Å². The first-order valence-corrected chi connectivity index (χ1v) is 8.92. The van der Waals surface area contributed by atoms with E-state index in [1.807, 2.05) is 16.7 Å². The number of rotatable bonds is 5. The van der Waals surface area contributed by atoms with Gasteiger partial charge in [0.25, 0.3) is 0 Å². The monoisotopic (exact) mass is 319 g/mol. The summed E-state index contributed by atoms with van der Waals surface area (Å²) < 4.78 is 5.71. The van der Waals surface area contributed by atoms with E-state index in [0.717, 1.165) is 37.4 Å². The summed E-state index contributed by atoms with van der Waals surface area (Å²) in [6.45, 7) is 1.52. The molecule has 6 heteroatoms. The van der Waals surface area contributed by atoms with Crippen LogP contribution in [0.3, 0.4) is 0 Å². The maximum absolute atomic E-state index is 12.6. The van der Waals surface area contributed by atoms with Crippen LogP contribution in [0.4, 0.5) is 0 Å². The first kappa shape index (κ1) is 15.5. The molecule has 5 nitrogen and oxygen atoms in total. The third kappa shape index (κ3) is 4.08. The molecule has 0 N–H and O–H groups in total. The number of amides is 1. The van der Waals surface area contributed by atoms with Crippen LogP contribution in [0.2, 0.25) is 0 Å². The molecule has 1 aromatic heterocycles. The fourth-order valence-electron chi connectivity index (χ4n) is 2.84. The molecular weight excluding hydrogens is 298 g/mol. The summed E-state index contributed by atoms with van der Waals surface area (Å²) in [5, 5.41) is 0. The van der Waals surface area contributed by atoms with Crippen LogP contribution in [0.25, 0.3) is 6.08 Å². The fourth-order valence-corrected chi connectivity index (χ4v) is 4.07. The van der Waals surface area contributed by atoms with Gasteiger partial charge in [0.1, 0.15) is 0 Å². The van der Waals surface area contributed by atoms with Crippen molar-refractivity contribution in [2.24, 2.45) is 0 Å². The third-order valence-corrected chi connectivity index (χ3v) is 5.18. The maximum atomic E-state index is 12.6. The van der Waals surface area contributed by atoms with Crippen LogP contribution in [-0.2, 0) is 9.53 Å². The van der Waals surface area contributed by atoms with Gasteiger partial charge < -0.3 is 9.64 Å². The van der Waals surface area contributed by atoms with Crippen LogP contribution in [0.1, 0.15) is 25.0 Å². The largest absolute Gasteiger partial charge is 0.376 e. The molecule has 0 saturated carbocycles. The quantitative estimate of drug-likeness (QED) is 0.777. The Morgan fingerprint density at radius 2 is 2.41 bits per heavy atom. The van der Waals surface area contributed by atoms with Gasteiger partial charge in [-0.15, -0.1) is 0 Å². The fraction of sp³-hybridized carbons (Fsp3) is 0.562. The Morgan fingerprint density at radius 1 is 1.45 bits per heavy atom. The van der Waals surface area contributed by atoms with Crippen LogP contribution in [0.15, 0.2) is 24.7 Å². The molecule has 2 saturated heterocycles. The molecule has 1 amide bonds. The van der Waals surface area contributed by atoms with Crippen molar-refractivity contribution < 1.29 is 9.53 Å². The predicted molar refractivity (Wildman–Crippen MR) is 87.5 cm³/mol. The van der Waals surface area contributed by atoms with E-state index in [0.29, 0.717) is 18.3 Å². The van der Waals surface area contributed by atoms with E-state index in [1.54, 1.807) is 30.7 Å². The van der Waals surface area contributed by atoms with Crippen molar-refractivity contribution in [1.82, 2.24) is 14.9 Å². The molecule has 2 fully saturated rings. The molecule has 3 heterocycles. The summed E-state index contributed by atoms with van der Waals surface area (Å²) >= 11 is 1.92. The van der Waals surface area contributed by atoms with Crippen molar-refractivity contribution in [3.05, 3.63) is 30.4 Å². The zero-order valence-corrected chi connectivity index (χ0v) is 13.4. The molecule has 1 aromatic rings. The molecule has 118 valence electrons. The minimum absolute atomic E-state index is 0.0497. The summed E-state index contributed by atoms with van der Waals surface area (Å²) in [4.78, 5) is 22.8. The molecule has 22 heavy (non-hydrogen) atoms. The minimum atomic E-state index is 0.0497. The van der Waals surface area contributed by atoms with Crippen molar-refractivity contribution in [1.29, 1.82) is 0 Å². The normalized spacial score (nSPS) is 24.9. The lowest BCUT2D eigenvalue weighted by molar-refractivity contribution is -0.129. The van der Waals surface area contributed by atoms with Crippen molar-refractivity contribution in [2.45, 2.75) is 31.4 Å². The SMILES string of the molecule is O=C(C=Cc1cnccn1)N(CC1CCCO1)C1CCSC1. The minimum Gasteiger partial charge on any atom is -0.376 e. The van der Waals surface area contributed by atoms with Crippen LogP contribution < -0.4 is 0 Å². The topological polar surface area (TPSA) is 55.3 Å². The maximum Gasteiger partial charge on any atom is 0.246 e. The van der Waals surface area contributed by atoms with Gasteiger partial charge in [-0.3, -0.25) is 14.8 Å². The Balaban J connectivity index is 1.66. The summed E-state index contributed by atoms with van der Waals surface area (Å²) in [5.41, 5.74) is 0.703. The predicted octanol–water partition coefficient (Wildman–Crippen LogP) is 2.00. The molecule has 0 aliphatic carbocycles. The summed E-state index contributed by atoms with van der Waals surface area (Å²) in [6, 6.07) is 0.327. The Labute approximate surface area is 135 Å². The number of carbonyl (C=O) groups excluding carboxylic acids is 1. The standard InChI is InChI=1S/C16H21N3O2S/c20-16(4-3-13-10-17-6-7-18-13)19(14-5-9-22-12-14)11-15-2-1-8-21-15/h3-4,6-7,10,14-15H,1-2,5,8-9,11-12H2. The van der Waals surface area contributed by atoms with Gasteiger partial charge in [0.2, 0.25) is 5.91 Å². The highest BCUT2D eigenvalue weighted by atomic mass is 32.2. The first-order chi connectivity index (χ1) is 10.8. The van der Waals surface area contributed by atoms with Gasteiger partial charge in [-0.2, -0.15) is 11.8 Å². The molecule has 2 unspecified atom stereocenters. The van der Waals surface area contributed by atoms with Gasteiger partial charge in [-0.05, 0) is 31.1 Å². The second kappa shape index (κ2) is 7.74. The Morgan fingerprint density at radius 3 is 3.09 bits per heavy atom. The van der Waals surface area contributed by atoms with Crippen molar-refractivity contribution >= 4 is 23.7 Å². The molecule has 2 aliphatic rings. The zero-order valence-electron chi connectivity index (χ0n) is 12.6. The summed E-state index contributed by atoms with van der Waals surface area (Å²) in [7, 11) is 0. The second-order valence-corrected chi connectivity index (χ2v) is 6.76. The first-order valence-electron chi connectivity index (χ1n) is 7.77. The van der Waals surface area contributed by atoms with Gasteiger partial charge in [-0.25, -0.2) is 0 Å². The Kier molecular flexibility index (Phi) is 5.45. The molecule has 0 radical (unpaired) electrons. The third-order valence-electron chi connectivity index (χ3n) is 4.03. The van der Waals surface area contributed by atoms with E-state index in [-0.39, 0.29) is 12.0 Å². The van der Waals surface area contributed by atoms with Crippen molar-refractivity contribution in [2.75, 3.05) is 24.7 Å². The number of hydrogen-bond acceptors (Lipinski definition) is 5. The summed E-state index contributed by atoms with van der Waals surface area (Å²) in [5.74, 6) is 2.21. The Bertz CT molecular complexity index is 511. The second-order valence-electron chi connectivity index (χ2n) is 5.61. The van der Waals surface area contributed by atoms with Gasteiger partial charge >= 0.3 is 0 Å².